The predicted octanol–water partition coefficient (Wildman–Crippen LogP) is 6.25. The van der Waals surface area contributed by atoms with Crippen molar-refractivity contribution in [3.05, 3.63) is 64.3 Å². The smallest absolute Gasteiger partial charge is 0.416 e. The topological polar surface area (TPSA) is 51.2 Å². The molecule has 3 aromatic rings. The number of alkyl halides is 6. The van der Waals surface area contributed by atoms with E-state index in [1.165, 1.54) is 24.6 Å². The fourth-order valence-corrected chi connectivity index (χ4v) is 3.26. The normalized spacial score (nSPS) is 12.0. The summed E-state index contributed by atoms with van der Waals surface area (Å²) in [7, 11) is 1.28. The molecule has 31 heavy (non-hydrogen) atoms. The van der Waals surface area contributed by atoms with Crippen LogP contribution in [-0.4, -0.2) is 18.0 Å². The fourth-order valence-electron chi connectivity index (χ4n) is 2.54. The molecule has 2 aromatic carbocycles. The lowest BCUT2D eigenvalue weighted by Crippen LogP contribution is -2.17. The van der Waals surface area contributed by atoms with Crippen molar-refractivity contribution in [3.8, 4) is 17.0 Å². The Morgan fingerprint density at radius 2 is 1.61 bits per heavy atom. The van der Waals surface area contributed by atoms with E-state index >= 15 is 0 Å². The van der Waals surface area contributed by atoms with Crippen LogP contribution in [0.1, 0.15) is 21.5 Å². The minimum absolute atomic E-state index is 0.00230. The minimum Gasteiger partial charge on any atom is -0.494 e. The molecule has 0 bridgehead atoms. The number of benzene rings is 2. The number of thiazole rings is 1. The number of methoxy groups -OCH3 is 1. The number of hydrogen-bond donors (Lipinski definition) is 1. The molecule has 0 aliphatic carbocycles. The second-order valence-corrected chi connectivity index (χ2v) is 6.99. The summed E-state index contributed by atoms with van der Waals surface area (Å²) in [5, 5.41) is 3.50. The third-order valence-corrected chi connectivity index (χ3v) is 4.78. The summed E-state index contributed by atoms with van der Waals surface area (Å²) in [5.74, 6) is -1.88. The van der Waals surface area contributed by atoms with Gasteiger partial charge in [0.25, 0.3) is 5.91 Å². The third kappa shape index (κ3) is 5.13. The van der Waals surface area contributed by atoms with Crippen LogP contribution in [0.4, 0.5) is 35.9 Å². The summed E-state index contributed by atoms with van der Waals surface area (Å²) in [6.45, 7) is 0. The van der Waals surface area contributed by atoms with Crippen LogP contribution >= 0.6 is 11.3 Å². The summed E-state index contributed by atoms with van der Waals surface area (Å²) < 4.78 is 96.4. The summed E-state index contributed by atoms with van der Waals surface area (Å²) in [5.41, 5.74) is -3.49. The Balaban J connectivity index is 1.88. The molecule has 0 unspecified atom stereocenters. The van der Waals surface area contributed by atoms with E-state index in [4.69, 9.17) is 4.74 Å². The van der Waals surface area contributed by atoms with Crippen LogP contribution in [0.2, 0.25) is 0 Å². The number of carbonyl (C=O) groups excluding carboxylic acids is 1. The van der Waals surface area contributed by atoms with Gasteiger partial charge in [0.1, 0.15) is 0 Å². The Morgan fingerprint density at radius 3 is 2.13 bits per heavy atom. The van der Waals surface area contributed by atoms with E-state index < -0.39 is 40.8 Å². The number of nitrogens with zero attached hydrogens (tertiary/aromatic N) is 1. The van der Waals surface area contributed by atoms with Gasteiger partial charge in [-0.1, -0.05) is 0 Å². The largest absolute Gasteiger partial charge is 0.494 e. The molecule has 4 nitrogen and oxygen atoms in total. The molecule has 0 saturated carbocycles. The van der Waals surface area contributed by atoms with E-state index in [1.54, 1.807) is 0 Å². The first-order valence-electron chi connectivity index (χ1n) is 8.29. The van der Waals surface area contributed by atoms with Gasteiger partial charge in [-0.25, -0.2) is 9.37 Å². The SMILES string of the molecule is COc1ccc(-c2csc(NC(=O)c3cc(C(F)(F)F)cc(C(F)(F)F)c3)n2)cc1F. The van der Waals surface area contributed by atoms with Crippen LogP contribution in [0.15, 0.2) is 41.8 Å². The maximum absolute atomic E-state index is 13.8. The molecule has 0 spiro atoms. The number of anilines is 1. The number of ether oxygens (including phenoxy) is 1. The standard InChI is InChI=1S/C19H11F7N2O2S/c1-30-15-3-2-9(6-13(15)20)14-8-31-17(27-14)28-16(29)10-4-11(18(21,22)23)7-12(5-10)19(24,25)26/h2-8H,1H3,(H,27,28,29). The van der Waals surface area contributed by atoms with Gasteiger partial charge in [0.05, 0.1) is 23.9 Å². The molecule has 1 N–H and O–H groups in total. The van der Waals surface area contributed by atoms with Crippen LogP contribution in [0.5, 0.6) is 5.75 Å². The first-order chi connectivity index (χ1) is 14.4. The Hall–Kier alpha value is -3.15. The molecule has 0 radical (unpaired) electrons. The highest BCUT2D eigenvalue weighted by Gasteiger charge is 2.37. The van der Waals surface area contributed by atoms with Crippen LogP contribution < -0.4 is 10.1 Å². The van der Waals surface area contributed by atoms with Crippen molar-refractivity contribution in [1.82, 2.24) is 4.98 Å². The molecule has 0 aliphatic heterocycles. The second-order valence-electron chi connectivity index (χ2n) is 6.14. The zero-order chi connectivity index (χ0) is 23.0. The van der Waals surface area contributed by atoms with E-state index in [0.717, 1.165) is 17.4 Å². The Kier molecular flexibility index (Phi) is 5.94. The molecule has 0 atom stereocenters. The third-order valence-electron chi connectivity index (χ3n) is 4.02. The molecule has 0 saturated heterocycles. The average Bonchev–Trinajstić information content (AvgIpc) is 3.14. The molecule has 12 heteroatoms. The van der Waals surface area contributed by atoms with Crippen LogP contribution in [0, 0.1) is 5.82 Å². The van der Waals surface area contributed by atoms with Gasteiger partial charge in [0.2, 0.25) is 0 Å². The van der Waals surface area contributed by atoms with Crippen LogP contribution in [0.25, 0.3) is 11.3 Å². The fraction of sp³-hybridized carbons (Fsp3) is 0.158. The summed E-state index contributed by atoms with van der Waals surface area (Å²) in [4.78, 5) is 16.3. The quantitative estimate of drug-likeness (QED) is 0.465. The molecular weight excluding hydrogens is 453 g/mol. The van der Waals surface area contributed by atoms with Gasteiger partial charge in [-0.2, -0.15) is 26.3 Å². The summed E-state index contributed by atoms with van der Waals surface area (Å²) in [6.07, 6.45) is -10.2. The van der Waals surface area contributed by atoms with Crippen LogP contribution in [0.3, 0.4) is 0 Å². The van der Waals surface area contributed by atoms with Crippen molar-refractivity contribution in [1.29, 1.82) is 0 Å². The molecule has 3 rings (SSSR count). The van der Waals surface area contributed by atoms with Crippen molar-refractivity contribution in [2.45, 2.75) is 12.4 Å². The highest BCUT2D eigenvalue weighted by Crippen LogP contribution is 2.36. The summed E-state index contributed by atoms with van der Waals surface area (Å²) >= 11 is 0.861. The molecular formula is C19H11F7N2O2S. The predicted molar refractivity (Wildman–Crippen MR) is 98.5 cm³/mol. The Morgan fingerprint density at radius 1 is 1.00 bits per heavy atom. The molecule has 0 fully saturated rings. The van der Waals surface area contributed by atoms with Gasteiger partial charge < -0.3 is 4.74 Å². The van der Waals surface area contributed by atoms with Gasteiger partial charge >= 0.3 is 12.4 Å². The number of hydrogen-bond acceptors (Lipinski definition) is 4. The van der Waals surface area contributed by atoms with Gasteiger partial charge in [0.15, 0.2) is 16.7 Å². The zero-order valence-electron chi connectivity index (χ0n) is 15.4. The maximum atomic E-state index is 13.8. The molecule has 0 aliphatic rings. The Bertz CT molecular complexity index is 1090. The van der Waals surface area contributed by atoms with Gasteiger partial charge in [-0.3, -0.25) is 10.1 Å². The number of carbonyl (C=O) groups is 1. The molecule has 1 amide bonds. The van der Waals surface area contributed by atoms with Crippen molar-refractivity contribution in [2.24, 2.45) is 0 Å². The molecule has 1 aromatic heterocycles. The highest BCUT2D eigenvalue weighted by molar-refractivity contribution is 7.14. The van der Waals surface area contributed by atoms with Crippen molar-refractivity contribution >= 4 is 22.4 Å². The van der Waals surface area contributed by atoms with Gasteiger partial charge in [-0.15, -0.1) is 11.3 Å². The number of halogens is 7. The lowest BCUT2D eigenvalue weighted by atomic mass is 10.0. The maximum Gasteiger partial charge on any atom is 0.416 e. The van der Waals surface area contributed by atoms with Crippen LogP contribution in [-0.2, 0) is 12.4 Å². The van der Waals surface area contributed by atoms with Crippen molar-refractivity contribution < 1.29 is 40.3 Å². The second kappa shape index (κ2) is 8.17. The first kappa shape index (κ1) is 22.5. The molecule has 1 heterocycles. The van der Waals surface area contributed by atoms with E-state index in [2.05, 4.69) is 10.3 Å². The zero-order valence-corrected chi connectivity index (χ0v) is 16.2. The monoisotopic (exact) mass is 464 g/mol. The first-order valence-corrected chi connectivity index (χ1v) is 9.16. The van der Waals surface area contributed by atoms with E-state index in [-0.39, 0.29) is 22.6 Å². The number of aromatic nitrogens is 1. The van der Waals surface area contributed by atoms with Crippen molar-refractivity contribution in [3.63, 3.8) is 0 Å². The lowest BCUT2D eigenvalue weighted by Gasteiger charge is -2.13. The van der Waals surface area contributed by atoms with Gasteiger partial charge in [-0.05, 0) is 36.4 Å². The number of nitrogens with one attached hydrogen (secondary N) is 1. The number of amides is 1. The summed E-state index contributed by atoms with van der Waals surface area (Å²) in [6, 6.07) is 4.53. The van der Waals surface area contributed by atoms with Gasteiger partial charge in [0, 0.05) is 16.5 Å². The molecule has 164 valence electrons. The minimum atomic E-state index is -5.08. The number of rotatable bonds is 4. The lowest BCUT2D eigenvalue weighted by molar-refractivity contribution is -0.143. The Labute approximate surface area is 174 Å². The van der Waals surface area contributed by atoms with E-state index in [9.17, 15) is 35.5 Å². The van der Waals surface area contributed by atoms with E-state index in [0.29, 0.717) is 17.7 Å². The van der Waals surface area contributed by atoms with Crippen molar-refractivity contribution in [2.75, 3.05) is 12.4 Å². The highest BCUT2D eigenvalue weighted by atomic mass is 32.1. The van der Waals surface area contributed by atoms with E-state index in [1.807, 2.05) is 0 Å². The average molecular weight is 464 g/mol.